The Morgan fingerprint density at radius 2 is 1.95 bits per heavy atom. The topological polar surface area (TPSA) is 64.0 Å². The minimum Gasteiger partial charge on any atom is -0.320 e. The first-order valence-electron chi connectivity index (χ1n) is 7.13. The van der Waals surface area contributed by atoms with Gasteiger partial charge in [0.15, 0.2) is 0 Å². The van der Waals surface area contributed by atoms with Crippen LogP contribution in [0.5, 0.6) is 0 Å². The summed E-state index contributed by atoms with van der Waals surface area (Å²) in [7, 11) is 0. The van der Waals surface area contributed by atoms with E-state index >= 15 is 0 Å². The van der Waals surface area contributed by atoms with E-state index < -0.39 is 0 Å². The molecule has 1 amide bonds. The van der Waals surface area contributed by atoms with E-state index in [2.05, 4.69) is 10.4 Å². The van der Waals surface area contributed by atoms with Crippen LogP contribution in [0.3, 0.4) is 0 Å². The second kappa shape index (κ2) is 6.83. The maximum Gasteiger partial charge on any atom is 0.276 e. The highest BCUT2D eigenvalue weighted by Gasteiger charge is 2.11. The van der Waals surface area contributed by atoms with Gasteiger partial charge < -0.3 is 5.32 Å². The van der Waals surface area contributed by atoms with Crippen molar-refractivity contribution in [3.05, 3.63) is 58.0 Å². The number of para-hydroxylation sites is 1. The Morgan fingerprint density at radius 1 is 1.19 bits per heavy atom. The van der Waals surface area contributed by atoms with Gasteiger partial charge in [0, 0.05) is 18.3 Å². The Hall–Kier alpha value is -2.43. The molecule has 0 aliphatic carbocycles. The maximum atomic E-state index is 12.3. The van der Waals surface area contributed by atoms with Crippen LogP contribution in [-0.4, -0.2) is 15.7 Å². The van der Waals surface area contributed by atoms with Gasteiger partial charge in [-0.3, -0.25) is 9.59 Å². The number of amides is 1. The fraction of sp³-hybridized carbons (Fsp3) is 0.312. The van der Waals surface area contributed by atoms with Gasteiger partial charge in [0.2, 0.25) is 0 Å². The SMILES string of the molecule is CCCn1nc(C(=O)Nc2ccccc2CC)ccc1=O. The molecule has 0 saturated heterocycles. The van der Waals surface area contributed by atoms with E-state index in [4.69, 9.17) is 0 Å². The molecule has 0 bridgehead atoms. The van der Waals surface area contributed by atoms with Crippen molar-refractivity contribution in [2.75, 3.05) is 5.32 Å². The summed E-state index contributed by atoms with van der Waals surface area (Å²) in [6, 6.07) is 10.5. The van der Waals surface area contributed by atoms with Gasteiger partial charge in [-0.1, -0.05) is 32.0 Å². The molecule has 110 valence electrons. The van der Waals surface area contributed by atoms with Crippen LogP contribution in [-0.2, 0) is 13.0 Å². The molecule has 1 aromatic carbocycles. The molecule has 2 aromatic rings. The molecule has 0 radical (unpaired) electrons. The number of aryl methyl sites for hydroxylation is 2. The molecule has 2 rings (SSSR count). The molecule has 0 atom stereocenters. The van der Waals surface area contributed by atoms with Crippen LogP contribution in [0, 0.1) is 0 Å². The summed E-state index contributed by atoms with van der Waals surface area (Å²) < 4.78 is 1.32. The Balaban J connectivity index is 2.24. The molecule has 0 saturated carbocycles. The first-order chi connectivity index (χ1) is 10.2. The minimum absolute atomic E-state index is 0.192. The standard InChI is InChI=1S/C16H19N3O2/c1-3-11-19-15(20)10-9-14(18-19)16(21)17-13-8-6-5-7-12(13)4-2/h5-10H,3-4,11H2,1-2H3,(H,17,21). The van der Waals surface area contributed by atoms with E-state index in [-0.39, 0.29) is 17.2 Å². The lowest BCUT2D eigenvalue weighted by molar-refractivity contribution is 0.101. The highest BCUT2D eigenvalue weighted by Crippen LogP contribution is 2.16. The van der Waals surface area contributed by atoms with Crippen LogP contribution in [0.15, 0.2) is 41.2 Å². The monoisotopic (exact) mass is 285 g/mol. The number of aromatic nitrogens is 2. The number of nitrogens with zero attached hydrogens (tertiary/aromatic N) is 2. The van der Waals surface area contributed by atoms with Crippen LogP contribution < -0.4 is 10.9 Å². The zero-order chi connectivity index (χ0) is 15.2. The summed E-state index contributed by atoms with van der Waals surface area (Å²) in [6.07, 6.45) is 1.62. The zero-order valence-electron chi connectivity index (χ0n) is 12.3. The Labute approximate surface area is 123 Å². The molecule has 21 heavy (non-hydrogen) atoms. The van der Waals surface area contributed by atoms with E-state index in [0.717, 1.165) is 24.1 Å². The molecule has 5 heteroatoms. The van der Waals surface area contributed by atoms with Gasteiger partial charge in [-0.15, -0.1) is 0 Å². The van der Waals surface area contributed by atoms with Gasteiger partial charge in [-0.05, 0) is 30.5 Å². The number of hydrogen-bond acceptors (Lipinski definition) is 3. The Kier molecular flexibility index (Phi) is 4.87. The van der Waals surface area contributed by atoms with Crippen LogP contribution in [0.2, 0.25) is 0 Å². The van der Waals surface area contributed by atoms with Crippen LogP contribution in [0.4, 0.5) is 5.69 Å². The predicted molar refractivity (Wildman–Crippen MR) is 82.6 cm³/mol. The van der Waals surface area contributed by atoms with Gasteiger partial charge in [0.25, 0.3) is 11.5 Å². The number of carbonyl (C=O) groups is 1. The highest BCUT2D eigenvalue weighted by atomic mass is 16.2. The van der Waals surface area contributed by atoms with Gasteiger partial charge in [0.05, 0.1) is 0 Å². The number of nitrogens with one attached hydrogen (secondary N) is 1. The summed E-state index contributed by atoms with van der Waals surface area (Å²) in [5, 5.41) is 6.96. The molecule has 0 spiro atoms. The molecule has 5 nitrogen and oxygen atoms in total. The third-order valence-electron chi connectivity index (χ3n) is 3.18. The van der Waals surface area contributed by atoms with Crippen LogP contribution >= 0.6 is 0 Å². The zero-order valence-corrected chi connectivity index (χ0v) is 12.3. The van der Waals surface area contributed by atoms with Crippen LogP contribution in [0.25, 0.3) is 0 Å². The first kappa shape index (κ1) is 15.0. The number of anilines is 1. The number of rotatable bonds is 5. The first-order valence-corrected chi connectivity index (χ1v) is 7.13. The van der Waals surface area contributed by atoms with Gasteiger partial charge >= 0.3 is 0 Å². The number of hydrogen-bond donors (Lipinski definition) is 1. The van der Waals surface area contributed by atoms with Crippen molar-refractivity contribution in [3.63, 3.8) is 0 Å². The van der Waals surface area contributed by atoms with Crippen molar-refractivity contribution >= 4 is 11.6 Å². The van der Waals surface area contributed by atoms with Crippen LogP contribution in [0.1, 0.15) is 36.3 Å². The van der Waals surface area contributed by atoms with Crippen molar-refractivity contribution in [3.8, 4) is 0 Å². The Morgan fingerprint density at radius 3 is 2.67 bits per heavy atom. The second-order valence-corrected chi connectivity index (χ2v) is 4.74. The molecule has 0 unspecified atom stereocenters. The molecular formula is C16H19N3O2. The fourth-order valence-electron chi connectivity index (χ4n) is 2.08. The molecule has 0 aliphatic heterocycles. The van der Waals surface area contributed by atoms with Gasteiger partial charge in [-0.25, -0.2) is 4.68 Å². The smallest absolute Gasteiger partial charge is 0.276 e. The average molecular weight is 285 g/mol. The molecule has 1 heterocycles. The molecular weight excluding hydrogens is 266 g/mol. The second-order valence-electron chi connectivity index (χ2n) is 4.74. The minimum atomic E-state index is -0.305. The van der Waals surface area contributed by atoms with E-state index in [1.165, 1.54) is 16.8 Å². The van der Waals surface area contributed by atoms with Crippen molar-refractivity contribution < 1.29 is 4.79 Å². The van der Waals surface area contributed by atoms with Crippen molar-refractivity contribution in [1.29, 1.82) is 0 Å². The molecule has 1 aromatic heterocycles. The van der Waals surface area contributed by atoms with Gasteiger partial charge in [0.1, 0.15) is 5.69 Å². The predicted octanol–water partition coefficient (Wildman–Crippen LogP) is 2.47. The molecule has 0 fully saturated rings. The average Bonchev–Trinajstić information content (AvgIpc) is 2.50. The van der Waals surface area contributed by atoms with Gasteiger partial charge in [-0.2, -0.15) is 5.10 Å². The summed E-state index contributed by atoms with van der Waals surface area (Å²) in [6.45, 7) is 4.49. The lowest BCUT2D eigenvalue weighted by Gasteiger charge is -2.10. The van der Waals surface area contributed by atoms with E-state index in [1.54, 1.807) is 0 Å². The third kappa shape index (κ3) is 3.56. The normalized spacial score (nSPS) is 10.4. The Bertz CT molecular complexity index is 692. The van der Waals surface area contributed by atoms with E-state index in [9.17, 15) is 9.59 Å². The summed E-state index contributed by atoms with van der Waals surface area (Å²) in [5.41, 5.74) is 1.89. The highest BCUT2D eigenvalue weighted by molar-refractivity contribution is 6.03. The van der Waals surface area contributed by atoms with Crippen molar-refractivity contribution in [2.45, 2.75) is 33.2 Å². The summed E-state index contributed by atoms with van der Waals surface area (Å²) >= 11 is 0. The molecule has 0 aliphatic rings. The maximum absolute atomic E-state index is 12.3. The van der Waals surface area contributed by atoms with Crippen molar-refractivity contribution in [1.82, 2.24) is 9.78 Å². The van der Waals surface area contributed by atoms with E-state index in [1.807, 2.05) is 38.1 Å². The fourth-order valence-corrected chi connectivity index (χ4v) is 2.08. The lowest BCUT2D eigenvalue weighted by Crippen LogP contribution is -2.26. The number of benzene rings is 1. The quantitative estimate of drug-likeness (QED) is 0.917. The summed E-state index contributed by atoms with van der Waals surface area (Å²) in [4.78, 5) is 23.9. The van der Waals surface area contributed by atoms with Crippen molar-refractivity contribution in [2.24, 2.45) is 0 Å². The van der Waals surface area contributed by atoms with E-state index in [0.29, 0.717) is 6.54 Å². The largest absolute Gasteiger partial charge is 0.320 e. The summed E-state index contributed by atoms with van der Waals surface area (Å²) in [5.74, 6) is -0.305. The number of carbonyl (C=O) groups excluding carboxylic acids is 1. The lowest BCUT2D eigenvalue weighted by atomic mass is 10.1. The third-order valence-corrected chi connectivity index (χ3v) is 3.18. The molecule has 1 N–H and O–H groups in total.